The van der Waals surface area contributed by atoms with Gasteiger partial charge in [0, 0.05) is 19.9 Å². The summed E-state index contributed by atoms with van der Waals surface area (Å²) in [6, 6.07) is -1.05. The van der Waals surface area contributed by atoms with E-state index >= 15 is 0 Å². The Morgan fingerprint density at radius 2 is 1.38 bits per heavy atom. The van der Waals surface area contributed by atoms with Gasteiger partial charge in [-0.1, -0.05) is 0 Å². The standard InChI is InChI=1S/C17H32N3O11P/c1-5-26-16(23)28-9-7-11-30-32(25,19-15(18)20(4)13(3)14(21)22)31-12-8-10-29-17(24)27-6-2/h13H,5-12H2,1-4H3,(H,21,22)(H2,18,19,25). The van der Waals surface area contributed by atoms with Crippen LogP contribution in [0, 0.1) is 0 Å². The summed E-state index contributed by atoms with van der Waals surface area (Å²) >= 11 is 0. The maximum atomic E-state index is 13.0. The van der Waals surface area contributed by atoms with Crippen LogP contribution in [0.3, 0.4) is 0 Å². The Balaban J connectivity index is 4.91. The van der Waals surface area contributed by atoms with Gasteiger partial charge >= 0.3 is 26.0 Å². The maximum absolute atomic E-state index is 13.0. The van der Waals surface area contributed by atoms with Crippen LogP contribution in [0.1, 0.15) is 33.6 Å². The summed E-state index contributed by atoms with van der Waals surface area (Å²) in [6.45, 7) is 4.44. The van der Waals surface area contributed by atoms with Crippen molar-refractivity contribution >= 4 is 32.0 Å². The molecule has 32 heavy (non-hydrogen) atoms. The maximum Gasteiger partial charge on any atom is 0.508 e. The second-order valence-electron chi connectivity index (χ2n) is 5.99. The molecular formula is C17H32N3O11P. The molecule has 0 spiro atoms. The number of hydrogen-bond acceptors (Lipinski definition) is 10. The first-order valence-electron chi connectivity index (χ1n) is 9.85. The fraction of sp³-hybridized carbons (Fsp3) is 0.765. The van der Waals surface area contributed by atoms with E-state index in [1.807, 2.05) is 0 Å². The van der Waals surface area contributed by atoms with Crippen molar-refractivity contribution in [2.75, 3.05) is 46.7 Å². The number of guanidine groups is 1. The van der Waals surface area contributed by atoms with Crippen LogP contribution in [0.2, 0.25) is 0 Å². The lowest BCUT2D eigenvalue weighted by Crippen LogP contribution is -2.44. The van der Waals surface area contributed by atoms with Gasteiger partial charge in [0.15, 0.2) is 0 Å². The first-order chi connectivity index (χ1) is 15.1. The number of rotatable bonds is 15. The highest BCUT2D eigenvalue weighted by Gasteiger charge is 2.28. The summed E-state index contributed by atoms with van der Waals surface area (Å²) in [5.41, 5.74) is 5.76. The average molecular weight is 485 g/mol. The third kappa shape index (κ3) is 13.0. The molecule has 0 amide bonds. The molecule has 0 aromatic carbocycles. The van der Waals surface area contributed by atoms with E-state index < -0.39 is 32.1 Å². The monoisotopic (exact) mass is 485 g/mol. The van der Waals surface area contributed by atoms with Crippen molar-refractivity contribution in [3.05, 3.63) is 0 Å². The van der Waals surface area contributed by atoms with Crippen molar-refractivity contribution in [3.8, 4) is 0 Å². The molecule has 15 heteroatoms. The van der Waals surface area contributed by atoms with Gasteiger partial charge in [0.1, 0.15) is 6.04 Å². The molecule has 0 aliphatic rings. The number of carboxylic acid groups (broad SMARTS) is 1. The number of carboxylic acids is 1. The van der Waals surface area contributed by atoms with Crippen molar-refractivity contribution in [1.29, 1.82) is 0 Å². The Bertz CT molecular complexity index is 642. The molecule has 3 N–H and O–H groups in total. The molecule has 1 atom stereocenters. The Labute approximate surface area is 186 Å². The Morgan fingerprint density at radius 3 is 1.75 bits per heavy atom. The summed E-state index contributed by atoms with van der Waals surface area (Å²) in [6.07, 6.45) is -1.40. The van der Waals surface area contributed by atoms with Crippen molar-refractivity contribution in [1.82, 2.24) is 4.90 Å². The van der Waals surface area contributed by atoms with Crippen LogP contribution in [-0.2, 0) is 37.4 Å². The zero-order valence-electron chi connectivity index (χ0n) is 18.7. The minimum Gasteiger partial charge on any atom is -0.480 e. The van der Waals surface area contributed by atoms with E-state index in [-0.39, 0.29) is 58.4 Å². The summed E-state index contributed by atoms with van der Waals surface area (Å²) in [5.74, 6) is -1.55. The van der Waals surface area contributed by atoms with E-state index in [0.29, 0.717) is 0 Å². The van der Waals surface area contributed by atoms with Crippen LogP contribution in [0.4, 0.5) is 9.59 Å². The van der Waals surface area contributed by atoms with Gasteiger partial charge in [-0.25, -0.2) is 18.9 Å². The predicted molar refractivity (Wildman–Crippen MR) is 111 cm³/mol. The van der Waals surface area contributed by atoms with Gasteiger partial charge in [0.05, 0.1) is 39.6 Å². The molecule has 0 rings (SSSR count). The van der Waals surface area contributed by atoms with E-state index in [4.69, 9.17) is 29.4 Å². The summed E-state index contributed by atoms with van der Waals surface area (Å²) in [7, 11) is -2.82. The molecule has 0 heterocycles. The van der Waals surface area contributed by atoms with Crippen molar-refractivity contribution in [2.45, 2.75) is 39.7 Å². The minimum absolute atomic E-state index is 0.0681. The van der Waals surface area contributed by atoms with Gasteiger partial charge in [-0.15, -0.1) is 4.76 Å². The molecule has 0 aliphatic heterocycles. The number of carbonyl (C=O) groups excluding carboxylic acids is 2. The van der Waals surface area contributed by atoms with Crippen LogP contribution < -0.4 is 5.73 Å². The molecule has 0 saturated carbocycles. The molecular weight excluding hydrogens is 453 g/mol. The predicted octanol–water partition coefficient (Wildman–Crippen LogP) is 1.97. The smallest absolute Gasteiger partial charge is 0.480 e. The fourth-order valence-electron chi connectivity index (χ4n) is 1.76. The highest BCUT2D eigenvalue weighted by molar-refractivity contribution is 7.52. The van der Waals surface area contributed by atoms with Crippen LogP contribution >= 0.6 is 7.75 Å². The molecule has 0 radical (unpaired) electrons. The zero-order chi connectivity index (χ0) is 24.6. The van der Waals surface area contributed by atoms with Gasteiger partial charge in [0.25, 0.3) is 0 Å². The zero-order valence-corrected chi connectivity index (χ0v) is 19.6. The molecule has 1 unspecified atom stereocenters. The van der Waals surface area contributed by atoms with Gasteiger partial charge in [-0.05, 0) is 20.8 Å². The van der Waals surface area contributed by atoms with Crippen molar-refractivity contribution in [2.24, 2.45) is 10.5 Å². The molecule has 0 fully saturated rings. The lowest BCUT2D eigenvalue weighted by molar-refractivity contribution is -0.140. The second kappa shape index (κ2) is 16.1. The number of hydrogen-bond donors (Lipinski definition) is 2. The van der Waals surface area contributed by atoms with Crippen molar-refractivity contribution < 1.29 is 52.1 Å². The first kappa shape index (κ1) is 29.4. The molecule has 0 saturated heterocycles. The number of ether oxygens (including phenoxy) is 4. The van der Waals surface area contributed by atoms with E-state index in [9.17, 15) is 18.9 Å². The van der Waals surface area contributed by atoms with E-state index in [1.165, 1.54) is 14.0 Å². The van der Waals surface area contributed by atoms with Crippen LogP contribution in [-0.4, -0.2) is 87.0 Å². The summed E-state index contributed by atoms with van der Waals surface area (Å²) in [4.78, 5) is 34.5. The summed E-state index contributed by atoms with van der Waals surface area (Å²) in [5, 5.41) is 9.08. The average Bonchev–Trinajstić information content (AvgIpc) is 2.72. The lowest BCUT2D eigenvalue weighted by Gasteiger charge is -2.23. The molecule has 0 aromatic heterocycles. The SMILES string of the molecule is CCOC(=O)OCCCOP(=O)(N=C(N)N(C)C(C)C(=O)O)OCCCOC(=O)OCC. The highest BCUT2D eigenvalue weighted by Crippen LogP contribution is 2.50. The van der Waals surface area contributed by atoms with Crippen LogP contribution in [0.25, 0.3) is 0 Å². The third-order valence-corrected chi connectivity index (χ3v) is 5.04. The van der Waals surface area contributed by atoms with Gasteiger partial charge in [-0.3, -0.25) is 9.05 Å². The molecule has 186 valence electrons. The Morgan fingerprint density at radius 1 is 0.938 bits per heavy atom. The summed E-state index contributed by atoms with van der Waals surface area (Å²) < 4.78 is 45.9. The van der Waals surface area contributed by atoms with Gasteiger partial charge < -0.3 is 34.7 Å². The Kier molecular flexibility index (Phi) is 14.8. The first-order valence-corrected chi connectivity index (χ1v) is 11.3. The van der Waals surface area contributed by atoms with Crippen molar-refractivity contribution in [3.63, 3.8) is 0 Å². The number of carbonyl (C=O) groups is 3. The normalized spacial score (nSPS) is 12.6. The fourth-order valence-corrected chi connectivity index (χ4v) is 3.06. The molecule has 14 nitrogen and oxygen atoms in total. The minimum atomic E-state index is -4.17. The number of nitrogens with two attached hydrogens (primary N) is 1. The highest BCUT2D eigenvalue weighted by atomic mass is 31.2. The van der Waals surface area contributed by atoms with E-state index in [0.717, 1.165) is 4.90 Å². The van der Waals surface area contributed by atoms with E-state index in [2.05, 4.69) is 14.2 Å². The Hall–Kier alpha value is -2.57. The number of nitrogens with zero attached hydrogens (tertiary/aromatic N) is 2. The van der Waals surface area contributed by atoms with Crippen LogP contribution in [0.15, 0.2) is 4.76 Å². The number of aliphatic carboxylic acids is 1. The topological polar surface area (TPSA) is 186 Å². The van der Waals surface area contributed by atoms with Gasteiger partial charge in [0.2, 0.25) is 5.96 Å². The van der Waals surface area contributed by atoms with Gasteiger partial charge in [-0.2, -0.15) is 0 Å². The molecule has 0 aromatic rings. The quantitative estimate of drug-likeness (QED) is 0.113. The molecule has 0 bridgehead atoms. The van der Waals surface area contributed by atoms with Crippen LogP contribution in [0.5, 0.6) is 0 Å². The lowest BCUT2D eigenvalue weighted by atomic mass is 10.3. The largest absolute Gasteiger partial charge is 0.508 e. The second-order valence-corrected chi connectivity index (χ2v) is 7.64. The number of likely N-dealkylation sites (N-methyl/N-ethyl adjacent to an activating group) is 1. The third-order valence-electron chi connectivity index (χ3n) is 3.58. The van der Waals surface area contributed by atoms with E-state index in [1.54, 1.807) is 13.8 Å². The molecule has 0 aliphatic carbocycles.